The number of fused-ring (bicyclic) bond motifs is 1. The van der Waals surface area contributed by atoms with Crippen molar-refractivity contribution in [3.05, 3.63) is 89.2 Å². The number of carbonyl (C=O) groups is 1. The molecule has 1 aliphatic heterocycles. The van der Waals surface area contributed by atoms with Gasteiger partial charge in [-0.15, -0.1) is 0 Å². The normalized spacial score (nSPS) is 15.3. The smallest absolute Gasteiger partial charge is 0.326 e. The maximum atomic E-state index is 12.4. The van der Waals surface area contributed by atoms with E-state index in [2.05, 4.69) is 48.0 Å². The number of aromatic nitrogens is 1. The molecule has 3 aromatic rings. The Kier molecular flexibility index (Phi) is 5.72. The van der Waals surface area contributed by atoms with Crippen molar-refractivity contribution in [2.24, 2.45) is 0 Å². The van der Waals surface area contributed by atoms with Crippen LogP contribution < -0.4 is 10.1 Å². The van der Waals surface area contributed by atoms with Crippen LogP contribution in [0.4, 0.5) is 4.79 Å². The van der Waals surface area contributed by atoms with Crippen molar-refractivity contribution < 1.29 is 9.53 Å². The summed E-state index contributed by atoms with van der Waals surface area (Å²) in [6, 6.07) is 22.5. The first-order valence-corrected chi connectivity index (χ1v) is 10.9. The zero-order valence-corrected chi connectivity index (χ0v) is 16.7. The summed E-state index contributed by atoms with van der Waals surface area (Å²) in [6.07, 6.45) is 3.77. The molecule has 0 aliphatic carbocycles. The minimum Gasteiger partial charge on any atom is -0.489 e. The van der Waals surface area contributed by atoms with Crippen molar-refractivity contribution in [1.29, 1.82) is 0 Å². The van der Waals surface area contributed by atoms with Crippen molar-refractivity contribution in [2.75, 3.05) is 12.0 Å². The van der Waals surface area contributed by atoms with Crippen LogP contribution in [0.3, 0.4) is 0 Å². The van der Waals surface area contributed by atoms with E-state index in [9.17, 15) is 4.79 Å². The highest BCUT2D eigenvalue weighted by atomic mass is 32.2. The number of hydrogen-bond donors (Lipinski definition) is 1. The Bertz CT molecular complexity index is 935. The van der Waals surface area contributed by atoms with Crippen LogP contribution >= 0.6 is 11.8 Å². The molecule has 0 radical (unpaired) electrons. The van der Waals surface area contributed by atoms with Crippen LogP contribution in [0, 0.1) is 0 Å². The quantitative estimate of drug-likeness (QED) is 0.597. The fourth-order valence-electron chi connectivity index (χ4n) is 3.56. The Morgan fingerprint density at radius 2 is 1.79 bits per heavy atom. The van der Waals surface area contributed by atoms with Crippen molar-refractivity contribution in [3.63, 3.8) is 0 Å². The zero-order valence-electron chi connectivity index (χ0n) is 15.9. The topological polar surface area (TPSA) is 43.3 Å². The number of carbonyl (C=O) groups excluding carboxylic acids is 1. The molecule has 5 heteroatoms. The van der Waals surface area contributed by atoms with Gasteiger partial charge in [0.15, 0.2) is 0 Å². The maximum absolute atomic E-state index is 12.4. The summed E-state index contributed by atoms with van der Waals surface area (Å²) in [5.74, 6) is 1.87. The third-order valence-corrected chi connectivity index (χ3v) is 5.64. The van der Waals surface area contributed by atoms with Gasteiger partial charge in [0.05, 0.1) is 11.7 Å². The van der Waals surface area contributed by atoms with Crippen LogP contribution in [-0.2, 0) is 19.4 Å². The molecule has 2 aromatic carbocycles. The Morgan fingerprint density at radius 3 is 2.54 bits per heavy atom. The minimum atomic E-state index is -0.0103. The van der Waals surface area contributed by atoms with Crippen LogP contribution in [0.25, 0.3) is 0 Å². The van der Waals surface area contributed by atoms with Gasteiger partial charge in [-0.05, 0) is 60.2 Å². The highest BCUT2D eigenvalue weighted by Gasteiger charge is 2.30. The molecule has 144 valence electrons. The van der Waals surface area contributed by atoms with E-state index in [1.165, 1.54) is 5.56 Å². The molecule has 1 aromatic heterocycles. The lowest BCUT2D eigenvalue weighted by Gasteiger charge is -2.11. The van der Waals surface area contributed by atoms with E-state index in [1.54, 1.807) is 11.8 Å². The number of nitrogens with zero attached hydrogens (tertiary/aromatic N) is 1. The molecular weight excluding hydrogens is 368 g/mol. The molecule has 4 nitrogen and oxygen atoms in total. The average molecular weight is 393 g/mol. The molecule has 2 heterocycles. The first-order chi connectivity index (χ1) is 13.7. The Morgan fingerprint density at radius 1 is 1.00 bits per heavy atom. The highest BCUT2D eigenvalue weighted by molar-refractivity contribution is 7.98. The van der Waals surface area contributed by atoms with Gasteiger partial charge in [-0.25, -0.2) is 4.79 Å². The second-order valence-electron chi connectivity index (χ2n) is 6.95. The van der Waals surface area contributed by atoms with Gasteiger partial charge in [0.25, 0.3) is 0 Å². The van der Waals surface area contributed by atoms with Crippen LogP contribution in [0.5, 0.6) is 5.75 Å². The second-order valence-corrected chi connectivity index (χ2v) is 7.94. The molecule has 0 unspecified atom stereocenters. The molecule has 0 bridgehead atoms. The number of thioether (sulfide) groups is 1. The summed E-state index contributed by atoms with van der Waals surface area (Å²) >= 11 is 1.80. The summed E-state index contributed by atoms with van der Waals surface area (Å²) in [4.78, 5) is 12.4. The predicted octanol–water partition coefficient (Wildman–Crippen LogP) is 4.83. The third kappa shape index (κ3) is 4.09. The standard InChI is InChI=1S/C23H24N2O2S/c1-28-14-13-19-9-12-22-21(24-23(26)25(19)22)15-17-7-10-20(11-8-17)27-16-18-5-3-2-4-6-18/h2-12,21H,13-16H2,1H3,(H,24,26)/t21-/m0/s1. The molecule has 0 spiro atoms. The maximum Gasteiger partial charge on any atom is 0.326 e. The first kappa shape index (κ1) is 18.7. The molecule has 0 saturated carbocycles. The number of amides is 1. The molecular formula is C23H24N2O2S. The monoisotopic (exact) mass is 392 g/mol. The number of hydrogen-bond acceptors (Lipinski definition) is 3. The van der Waals surface area contributed by atoms with E-state index < -0.39 is 0 Å². The van der Waals surface area contributed by atoms with Gasteiger partial charge < -0.3 is 10.1 Å². The Hall–Kier alpha value is -2.66. The zero-order chi connectivity index (χ0) is 19.3. The summed E-state index contributed by atoms with van der Waals surface area (Å²) in [5, 5.41) is 3.11. The van der Waals surface area contributed by atoms with Gasteiger partial charge in [0, 0.05) is 5.69 Å². The van der Waals surface area contributed by atoms with Crippen molar-refractivity contribution in [1.82, 2.24) is 9.88 Å². The van der Waals surface area contributed by atoms with Crippen molar-refractivity contribution in [2.45, 2.75) is 25.5 Å². The van der Waals surface area contributed by atoms with E-state index in [4.69, 9.17) is 4.74 Å². The van der Waals surface area contributed by atoms with E-state index in [0.29, 0.717) is 6.61 Å². The summed E-state index contributed by atoms with van der Waals surface area (Å²) in [7, 11) is 0. The summed E-state index contributed by atoms with van der Waals surface area (Å²) in [6.45, 7) is 0.561. The number of ether oxygens (including phenoxy) is 1. The van der Waals surface area contributed by atoms with Crippen LogP contribution in [0.1, 0.15) is 28.6 Å². The summed E-state index contributed by atoms with van der Waals surface area (Å²) < 4.78 is 7.70. The fourth-order valence-corrected chi connectivity index (χ4v) is 3.97. The molecule has 1 N–H and O–H groups in total. The molecule has 0 fully saturated rings. The molecule has 1 atom stereocenters. The predicted molar refractivity (Wildman–Crippen MR) is 114 cm³/mol. The lowest BCUT2D eigenvalue weighted by Crippen LogP contribution is -2.23. The minimum absolute atomic E-state index is 0.0103. The SMILES string of the molecule is CSCCc1ccc2n1C(=O)N[C@H]2Cc1ccc(OCc2ccccc2)cc1. The van der Waals surface area contributed by atoms with Crippen LogP contribution in [0.15, 0.2) is 66.7 Å². The van der Waals surface area contributed by atoms with Crippen molar-refractivity contribution >= 4 is 17.8 Å². The lowest BCUT2D eigenvalue weighted by molar-refractivity contribution is 0.244. The Labute approximate surface area is 169 Å². The van der Waals surface area contributed by atoms with E-state index in [-0.39, 0.29) is 12.1 Å². The van der Waals surface area contributed by atoms with Gasteiger partial charge in [-0.1, -0.05) is 42.5 Å². The number of benzene rings is 2. The van der Waals surface area contributed by atoms with Crippen LogP contribution in [0.2, 0.25) is 0 Å². The Balaban J connectivity index is 1.39. The first-order valence-electron chi connectivity index (χ1n) is 9.50. The summed E-state index contributed by atoms with van der Waals surface area (Å²) in [5.41, 5.74) is 4.48. The van der Waals surface area contributed by atoms with Gasteiger partial charge in [-0.3, -0.25) is 4.57 Å². The number of aryl methyl sites for hydroxylation is 1. The molecule has 1 amide bonds. The third-order valence-electron chi connectivity index (χ3n) is 5.02. The molecule has 4 rings (SSSR count). The van der Waals surface area contributed by atoms with Gasteiger partial charge in [0.2, 0.25) is 0 Å². The van der Waals surface area contributed by atoms with Crippen LogP contribution in [-0.4, -0.2) is 22.6 Å². The van der Waals surface area contributed by atoms with E-state index >= 15 is 0 Å². The largest absolute Gasteiger partial charge is 0.489 e. The fraction of sp³-hybridized carbons (Fsp3) is 0.261. The van der Waals surface area contributed by atoms with E-state index in [1.807, 2.05) is 34.9 Å². The van der Waals surface area contributed by atoms with Gasteiger partial charge in [-0.2, -0.15) is 11.8 Å². The lowest BCUT2D eigenvalue weighted by atomic mass is 10.0. The van der Waals surface area contributed by atoms with E-state index in [0.717, 1.165) is 41.3 Å². The van der Waals surface area contributed by atoms with Gasteiger partial charge in [0.1, 0.15) is 12.4 Å². The van der Waals surface area contributed by atoms with Crippen molar-refractivity contribution in [3.8, 4) is 5.75 Å². The molecule has 28 heavy (non-hydrogen) atoms. The number of nitrogens with one attached hydrogen (secondary N) is 1. The molecule has 0 saturated heterocycles. The second kappa shape index (κ2) is 8.57. The number of rotatable bonds is 8. The van der Waals surface area contributed by atoms with Gasteiger partial charge >= 0.3 is 6.03 Å². The average Bonchev–Trinajstić information content (AvgIpc) is 3.28. The molecule has 1 aliphatic rings. The highest BCUT2D eigenvalue weighted by Crippen LogP contribution is 2.28.